The molecule has 0 saturated carbocycles. The Bertz CT molecular complexity index is 239. The number of hydrogen-bond donors (Lipinski definition) is 2. The zero-order valence-electron chi connectivity index (χ0n) is 6.36. The third-order valence-corrected chi connectivity index (χ3v) is 1.55. The lowest BCUT2D eigenvalue weighted by Gasteiger charge is -2.08. The van der Waals surface area contributed by atoms with Crippen LogP contribution in [0.3, 0.4) is 0 Å². The van der Waals surface area contributed by atoms with Crippen LogP contribution in [-0.4, -0.2) is 21.7 Å². The lowest BCUT2D eigenvalue weighted by Crippen LogP contribution is -2.16. The van der Waals surface area contributed by atoms with Gasteiger partial charge in [-0.05, 0) is 6.92 Å². The maximum Gasteiger partial charge on any atom is 0.115 e. The van der Waals surface area contributed by atoms with Gasteiger partial charge in [-0.3, -0.25) is 0 Å². The highest BCUT2D eigenvalue weighted by Crippen LogP contribution is 2.09. The molecule has 60 valence electrons. The Hall–Kier alpha value is -1.00. The van der Waals surface area contributed by atoms with E-state index in [0.717, 1.165) is 11.3 Å². The number of nitrogens with two attached hydrogens (primary N) is 1. The van der Waals surface area contributed by atoms with Crippen LogP contribution in [0.2, 0.25) is 0 Å². The average Bonchev–Trinajstić information content (AvgIpc) is 2.04. The highest BCUT2D eigenvalue weighted by atomic mass is 16.3. The molecule has 0 fully saturated rings. The van der Waals surface area contributed by atoms with Crippen molar-refractivity contribution in [2.75, 3.05) is 6.61 Å². The minimum Gasteiger partial charge on any atom is -0.394 e. The summed E-state index contributed by atoms with van der Waals surface area (Å²) in [5.74, 6) is 0. The predicted octanol–water partition coefficient (Wildman–Crippen LogP) is -0.223. The molecule has 0 aliphatic heterocycles. The first-order chi connectivity index (χ1) is 5.25. The van der Waals surface area contributed by atoms with Gasteiger partial charge in [0.05, 0.1) is 12.6 Å². The minimum atomic E-state index is -0.365. The summed E-state index contributed by atoms with van der Waals surface area (Å²) in [6.07, 6.45) is 3.09. The van der Waals surface area contributed by atoms with Crippen molar-refractivity contribution in [2.45, 2.75) is 13.0 Å². The normalized spacial score (nSPS) is 13.0. The van der Waals surface area contributed by atoms with Gasteiger partial charge in [-0.25, -0.2) is 9.97 Å². The molecular formula is C7H11N3O. The van der Waals surface area contributed by atoms with Crippen LogP contribution in [-0.2, 0) is 0 Å². The van der Waals surface area contributed by atoms with Crippen molar-refractivity contribution in [3.8, 4) is 0 Å². The summed E-state index contributed by atoms with van der Waals surface area (Å²) in [5.41, 5.74) is 7.19. The maximum atomic E-state index is 8.73. The van der Waals surface area contributed by atoms with Gasteiger partial charge >= 0.3 is 0 Å². The molecule has 3 N–H and O–H groups in total. The Morgan fingerprint density at radius 2 is 2.45 bits per heavy atom. The van der Waals surface area contributed by atoms with Gasteiger partial charge in [0.25, 0.3) is 0 Å². The van der Waals surface area contributed by atoms with Gasteiger partial charge in [0.2, 0.25) is 0 Å². The van der Waals surface area contributed by atoms with Crippen LogP contribution in [0.25, 0.3) is 0 Å². The van der Waals surface area contributed by atoms with Crippen LogP contribution >= 0.6 is 0 Å². The molecule has 1 aromatic heterocycles. The zero-order chi connectivity index (χ0) is 8.27. The molecule has 1 atom stereocenters. The van der Waals surface area contributed by atoms with Gasteiger partial charge in [-0.2, -0.15) is 0 Å². The second kappa shape index (κ2) is 3.41. The van der Waals surface area contributed by atoms with E-state index in [-0.39, 0.29) is 12.6 Å². The summed E-state index contributed by atoms with van der Waals surface area (Å²) in [6, 6.07) is -0.365. The molecule has 1 heterocycles. The summed E-state index contributed by atoms with van der Waals surface area (Å²) in [7, 11) is 0. The fourth-order valence-electron chi connectivity index (χ4n) is 0.864. The third kappa shape index (κ3) is 1.72. The molecule has 4 nitrogen and oxygen atoms in total. The molecule has 0 amide bonds. The van der Waals surface area contributed by atoms with Crippen molar-refractivity contribution >= 4 is 0 Å². The fourth-order valence-corrected chi connectivity index (χ4v) is 0.864. The van der Waals surface area contributed by atoms with Crippen LogP contribution in [0, 0.1) is 6.92 Å². The average molecular weight is 153 g/mol. The van der Waals surface area contributed by atoms with Crippen molar-refractivity contribution in [3.63, 3.8) is 0 Å². The summed E-state index contributed by atoms with van der Waals surface area (Å²) < 4.78 is 0. The van der Waals surface area contributed by atoms with Crippen molar-refractivity contribution in [1.82, 2.24) is 9.97 Å². The molecule has 1 rings (SSSR count). The first kappa shape index (κ1) is 8.10. The lowest BCUT2D eigenvalue weighted by molar-refractivity contribution is 0.267. The Kier molecular flexibility index (Phi) is 2.51. The lowest BCUT2D eigenvalue weighted by atomic mass is 10.1. The van der Waals surface area contributed by atoms with Crippen molar-refractivity contribution in [2.24, 2.45) is 5.73 Å². The van der Waals surface area contributed by atoms with Gasteiger partial charge < -0.3 is 10.8 Å². The van der Waals surface area contributed by atoms with E-state index in [2.05, 4.69) is 9.97 Å². The Labute approximate surface area is 65.1 Å². The Balaban J connectivity index is 2.93. The van der Waals surface area contributed by atoms with E-state index in [0.29, 0.717) is 0 Å². The van der Waals surface area contributed by atoms with Crippen molar-refractivity contribution in [1.29, 1.82) is 0 Å². The number of aryl methyl sites for hydroxylation is 1. The SMILES string of the molecule is Cc1ncncc1C(N)CO. The number of nitrogens with zero attached hydrogens (tertiary/aromatic N) is 2. The molecule has 1 unspecified atom stereocenters. The monoisotopic (exact) mass is 153 g/mol. The first-order valence-electron chi connectivity index (χ1n) is 3.38. The van der Waals surface area contributed by atoms with Crippen LogP contribution in [0.1, 0.15) is 17.3 Å². The second-order valence-electron chi connectivity index (χ2n) is 2.35. The molecule has 0 spiro atoms. The minimum absolute atomic E-state index is 0.0752. The van der Waals surface area contributed by atoms with Crippen LogP contribution in [0.5, 0.6) is 0 Å². The standard InChI is InChI=1S/C7H11N3O/c1-5-6(7(8)3-11)2-9-4-10-5/h2,4,7,11H,3,8H2,1H3. The fraction of sp³-hybridized carbons (Fsp3) is 0.429. The number of aliphatic hydroxyl groups is 1. The van der Waals surface area contributed by atoms with E-state index in [1.165, 1.54) is 6.33 Å². The number of aliphatic hydroxyl groups excluding tert-OH is 1. The Morgan fingerprint density at radius 1 is 1.73 bits per heavy atom. The van der Waals surface area contributed by atoms with Gasteiger partial charge in [-0.1, -0.05) is 0 Å². The summed E-state index contributed by atoms with van der Waals surface area (Å²) in [6.45, 7) is 1.76. The molecule has 0 aromatic carbocycles. The van der Waals surface area contributed by atoms with E-state index in [9.17, 15) is 0 Å². The maximum absolute atomic E-state index is 8.73. The van der Waals surface area contributed by atoms with Crippen molar-refractivity contribution < 1.29 is 5.11 Å². The molecule has 11 heavy (non-hydrogen) atoms. The highest BCUT2D eigenvalue weighted by molar-refractivity contribution is 5.18. The highest BCUT2D eigenvalue weighted by Gasteiger charge is 2.07. The smallest absolute Gasteiger partial charge is 0.115 e. The Morgan fingerprint density at radius 3 is 3.00 bits per heavy atom. The molecular weight excluding hydrogens is 142 g/mol. The van der Waals surface area contributed by atoms with E-state index in [1.807, 2.05) is 6.92 Å². The van der Waals surface area contributed by atoms with Gasteiger partial charge in [-0.15, -0.1) is 0 Å². The van der Waals surface area contributed by atoms with Gasteiger partial charge in [0, 0.05) is 17.5 Å². The first-order valence-corrected chi connectivity index (χ1v) is 3.38. The summed E-state index contributed by atoms with van der Waals surface area (Å²) >= 11 is 0. The topological polar surface area (TPSA) is 72.0 Å². The molecule has 0 saturated heterocycles. The molecule has 0 bridgehead atoms. The molecule has 0 aliphatic carbocycles. The van der Waals surface area contributed by atoms with E-state index in [4.69, 9.17) is 10.8 Å². The third-order valence-electron chi connectivity index (χ3n) is 1.55. The molecule has 1 aromatic rings. The summed E-state index contributed by atoms with van der Waals surface area (Å²) in [5, 5.41) is 8.73. The molecule has 0 aliphatic rings. The summed E-state index contributed by atoms with van der Waals surface area (Å²) in [4.78, 5) is 7.76. The van der Waals surface area contributed by atoms with Crippen LogP contribution in [0.4, 0.5) is 0 Å². The largest absolute Gasteiger partial charge is 0.394 e. The number of hydrogen-bond acceptors (Lipinski definition) is 4. The second-order valence-corrected chi connectivity index (χ2v) is 2.35. The van der Waals surface area contributed by atoms with E-state index in [1.54, 1.807) is 6.20 Å². The predicted molar refractivity (Wildman–Crippen MR) is 40.8 cm³/mol. The molecule has 0 radical (unpaired) electrons. The van der Waals surface area contributed by atoms with Gasteiger partial charge in [0.15, 0.2) is 0 Å². The quantitative estimate of drug-likeness (QED) is 0.616. The van der Waals surface area contributed by atoms with Gasteiger partial charge in [0.1, 0.15) is 6.33 Å². The van der Waals surface area contributed by atoms with Crippen LogP contribution in [0.15, 0.2) is 12.5 Å². The van der Waals surface area contributed by atoms with E-state index >= 15 is 0 Å². The molecule has 4 heteroatoms. The van der Waals surface area contributed by atoms with Crippen molar-refractivity contribution in [3.05, 3.63) is 23.8 Å². The number of aromatic nitrogens is 2. The van der Waals surface area contributed by atoms with E-state index < -0.39 is 0 Å². The zero-order valence-corrected chi connectivity index (χ0v) is 6.36. The number of rotatable bonds is 2. The van der Waals surface area contributed by atoms with Crippen LogP contribution < -0.4 is 5.73 Å².